The van der Waals surface area contributed by atoms with Crippen molar-refractivity contribution in [3.63, 3.8) is 0 Å². The molecule has 0 atom stereocenters. The Bertz CT molecular complexity index is 713. The molecule has 1 aromatic heterocycles. The zero-order valence-electron chi connectivity index (χ0n) is 11.9. The Hall–Kier alpha value is -1.34. The molecule has 0 fully saturated rings. The molecule has 0 amide bonds. The van der Waals surface area contributed by atoms with Crippen LogP contribution in [0.4, 0.5) is 0 Å². The van der Waals surface area contributed by atoms with Gasteiger partial charge in [-0.2, -0.15) is 4.31 Å². The average Bonchev–Trinajstić information content (AvgIpc) is 2.91. The second-order valence-corrected chi connectivity index (χ2v) is 7.20. The van der Waals surface area contributed by atoms with Gasteiger partial charge in [0.15, 0.2) is 0 Å². The lowest BCUT2D eigenvalue weighted by Gasteiger charge is -2.17. The minimum atomic E-state index is -3.54. The van der Waals surface area contributed by atoms with Crippen molar-refractivity contribution in [2.75, 3.05) is 14.1 Å². The van der Waals surface area contributed by atoms with Crippen molar-refractivity contribution in [1.82, 2.24) is 14.6 Å². The summed E-state index contributed by atoms with van der Waals surface area (Å²) >= 11 is 6.07. The molecule has 2 N–H and O–H groups in total. The largest absolute Gasteiger partial charge is 0.363 e. The van der Waals surface area contributed by atoms with Crippen LogP contribution in [0.15, 0.2) is 41.4 Å². The van der Waals surface area contributed by atoms with Crippen LogP contribution in [0.3, 0.4) is 0 Å². The molecule has 0 unspecified atom stereocenters. The van der Waals surface area contributed by atoms with Gasteiger partial charge in [-0.25, -0.2) is 8.42 Å². The lowest BCUT2D eigenvalue weighted by molar-refractivity contribution is 0.467. The second-order valence-electron chi connectivity index (χ2n) is 4.74. The molecule has 0 saturated carbocycles. The average molecular weight is 328 g/mol. The predicted octanol–water partition coefficient (Wildman–Crippen LogP) is 2.21. The Balaban J connectivity index is 2.20. The summed E-state index contributed by atoms with van der Waals surface area (Å²) in [6.07, 6.45) is 1.51. The van der Waals surface area contributed by atoms with E-state index in [1.165, 1.54) is 10.5 Å². The molecule has 1 aromatic carbocycles. The first-order chi connectivity index (χ1) is 9.95. The zero-order valence-corrected chi connectivity index (χ0v) is 13.5. The molecule has 1 heterocycles. The third-order valence-electron chi connectivity index (χ3n) is 3.14. The number of halogens is 1. The quantitative estimate of drug-likeness (QED) is 0.855. The van der Waals surface area contributed by atoms with Crippen molar-refractivity contribution in [2.45, 2.75) is 18.0 Å². The highest BCUT2D eigenvalue weighted by molar-refractivity contribution is 7.89. The molecule has 114 valence electrons. The maximum atomic E-state index is 12.5. The van der Waals surface area contributed by atoms with Crippen molar-refractivity contribution >= 4 is 21.6 Å². The Morgan fingerprint density at radius 2 is 2.05 bits per heavy atom. The van der Waals surface area contributed by atoms with Gasteiger partial charge in [0, 0.05) is 37.1 Å². The van der Waals surface area contributed by atoms with Gasteiger partial charge in [-0.1, -0.05) is 29.8 Å². The zero-order chi connectivity index (χ0) is 15.5. The first kappa shape index (κ1) is 16.0. The summed E-state index contributed by atoms with van der Waals surface area (Å²) in [5, 5.41) is 3.53. The van der Waals surface area contributed by atoms with E-state index in [0.717, 1.165) is 11.3 Å². The molecule has 0 aliphatic heterocycles. The monoisotopic (exact) mass is 327 g/mol. The molecular weight excluding hydrogens is 310 g/mol. The minimum Gasteiger partial charge on any atom is -0.363 e. The molecule has 0 bridgehead atoms. The van der Waals surface area contributed by atoms with Crippen molar-refractivity contribution in [1.29, 1.82) is 0 Å². The van der Waals surface area contributed by atoms with Crippen molar-refractivity contribution in [3.8, 4) is 0 Å². The molecular formula is C14H18ClN3O2S. The second kappa shape index (κ2) is 6.62. The fourth-order valence-electron chi connectivity index (χ4n) is 1.99. The summed E-state index contributed by atoms with van der Waals surface area (Å²) < 4.78 is 26.3. The SMILES string of the molecule is CNCc1cc(S(=O)(=O)N(C)Cc2ccccc2Cl)c[nH]1. The highest BCUT2D eigenvalue weighted by atomic mass is 35.5. The smallest absolute Gasteiger partial charge is 0.244 e. The standard InChI is InChI=1S/C14H18ClN3O2S/c1-16-8-12-7-13(9-17-12)21(19,20)18(2)10-11-5-3-4-6-14(11)15/h3-7,9,16-17H,8,10H2,1-2H3. The molecule has 0 aliphatic rings. The highest BCUT2D eigenvalue weighted by Crippen LogP contribution is 2.21. The van der Waals surface area contributed by atoms with Gasteiger partial charge in [-0.3, -0.25) is 0 Å². The maximum Gasteiger partial charge on any atom is 0.244 e. The lowest BCUT2D eigenvalue weighted by atomic mass is 10.2. The molecule has 0 aliphatic carbocycles. The number of nitrogens with one attached hydrogen (secondary N) is 2. The van der Waals surface area contributed by atoms with E-state index in [0.29, 0.717) is 11.6 Å². The normalized spacial score (nSPS) is 12.0. The molecule has 2 rings (SSSR count). The van der Waals surface area contributed by atoms with Crippen molar-refractivity contribution in [3.05, 3.63) is 52.8 Å². The fraction of sp³-hybridized carbons (Fsp3) is 0.286. The Labute approximate surface area is 130 Å². The Morgan fingerprint density at radius 3 is 2.71 bits per heavy atom. The molecule has 2 aromatic rings. The van der Waals surface area contributed by atoms with Crippen LogP contribution in [-0.4, -0.2) is 31.8 Å². The summed E-state index contributed by atoms with van der Waals surface area (Å²) in [6.45, 7) is 0.818. The summed E-state index contributed by atoms with van der Waals surface area (Å²) in [5.41, 5.74) is 1.60. The van der Waals surface area contributed by atoms with Crippen LogP contribution in [0.2, 0.25) is 5.02 Å². The third-order valence-corrected chi connectivity index (χ3v) is 5.29. The summed E-state index contributed by atoms with van der Waals surface area (Å²) in [7, 11) is -0.187. The van der Waals surface area contributed by atoms with Gasteiger partial charge in [-0.05, 0) is 24.7 Å². The number of H-pyrrole nitrogens is 1. The van der Waals surface area contributed by atoms with Crippen LogP contribution in [0.1, 0.15) is 11.3 Å². The summed E-state index contributed by atoms with van der Waals surface area (Å²) in [5.74, 6) is 0. The number of rotatable bonds is 6. The number of aromatic nitrogens is 1. The number of hydrogen-bond acceptors (Lipinski definition) is 3. The van der Waals surface area contributed by atoms with Gasteiger partial charge in [0.05, 0.1) is 4.90 Å². The van der Waals surface area contributed by atoms with Crippen LogP contribution in [-0.2, 0) is 23.1 Å². The van der Waals surface area contributed by atoms with Gasteiger partial charge in [-0.15, -0.1) is 0 Å². The van der Waals surface area contributed by atoms with E-state index in [-0.39, 0.29) is 11.4 Å². The number of hydrogen-bond donors (Lipinski definition) is 2. The van der Waals surface area contributed by atoms with Gasteiger partial charge in [0.2, 0.25) is 10.0 Å². The van der Waals surface area contributed by atoms with E-state index in [1.54, 1.807) is 26.2 Å². The van der Waals surface area contributed by atoms with Crippen molar-refractivity contribution < 1.29 is 8.42 Å². The molecule has 21 heavy (non-hydrogen) atoms. The molecule has 5 nitrogen and oxygen atoms in total. The third kappa shape index (κ3) is 3.65. The maximum absolute atomic E-state index is 12.5. The van der Waals surface area contributed by atoms with Gasteiger partial charge >= 0.3 is 0 Å². The van der Waals surface area contributed by atoms with Crippen LogP contribution in [0, 0.1) is 0 Å². The first-order valence-corrected chi connectivity index (χ1v) is 8.28. The molecule has 0 spiro atoms. The fourth-order valence-corrected chi connectivity index (χ4v) is 3.36. The molecule has 0 radical (unpaired) electrons. The van der Waals surface area contributed by atoms with Crippen LogP contribution in [0.25, 0.3) is 0 Å². The van der Waals surface area contributed by atoms with Crippen LogP contribution >= 0.6 is 11.6 Å². The van der Waals surface area contributed by atoms with E-state index in [2.05, 4.69) is 10.3 Å². The summed E-state index contributed by atoms with van der Waals surface area (Å²) in [6, 6.07) is 8.85. The van der Waals surface area contributed by atoms with E-state index in [9.17, 15) is 8.42 Å². The minimum absolute atomic E-state index is 0.231. The first-order valence-electron chi connectivity index (χ1n) is 6.47. The Kier molecular flexibility index (Phi) is 5.05. The van der Waals surface area contributed by atoms with Gasteiger partial charge in [0.1, 0.15) is 0 Å². The van der Waals surface area contributed by atoms with E-state index >= 15 is 0 Å². The Morgan fingerprint density at radius 1 is 1.33 bits per heavy atom. The van der Waals surface area contributed by atoms with Crippen LogP contribution < -0.4 is 5.32 Å². The van der Waals surface area contributed by atoms with Gasteiger partial charge in [0.25, 0.3) is 0 Å². The van der Waals surface area contributed by atoms with Crippen LogP contribution in [0.5, 0.6) is 0 Å². The van der Waals surface area contributed by atoms with E-state index < -0.39 is 10.0 Å². The highest BCUT2D eigenvalue weighted by Gasteiger charge is 2.22. The van der Waals surface area contributed by atoms with E-state index in [4.69, 9.17) is 11.6 Å². The van der Waals surface area contributed by atoms with E-state index in [1.807, 2.05) is 18.2 Å². The molecule has 0 saturated heterocycles. The predicted molar refractivity (Wildman–Crippen MR) is 83.7 cm³/mol. The number of nitrogens with zero attached hydrogens (tertiary/aromatic N) is 1. The number of sulfonamides is 1. The van der Waals surface area contributed by atoms with Gasteiger partial charge < -0.3 is 10.3 Å². The summed E-state index contributed by atoms with van der Waals surface area (Å²) in [4.78, 5) is 3.20. The number of benzene rings is 1. The molecule has 7 heteroatoms. The van der Waals surface area contributed by atoms with Crippen molar-refractivity contribution in [2.24, 2.45) is 0 Å². The lowest BCUT2D eigenvalue weighted by Crippen LogP contribution is -2.26. The number of aromatic amines is 1. The topological polar surface area (TPSA) is 65.2 Å².